The third-order valence-electron chi connectivity index (χ3n) is 2.63. The van der Waals surface area contributed by atoms with Crippen LogP contribution in [0.4, 0.5) is 0 Å². The number of thiol groups is 1. The van der Waals surface area contributed by atoms with Gasteiger partial charge in [-0.05, 0) is 25.8 Å². The van der Waals surface area contributed by atoms with Gasteiger partial charge < -0.3 is 4.90 Å². The van der Waals surface area contributed by atoms with Crippen molar-refractivity contribution in [3.8, 4) is 0 Å². The molecule has 0 saturated heterocycles. The van der Waals surface area contributed by atoms with Gasteiger partial charge in [-0.3, -0.25) is 4.79 Å². The molecule has 0 bridgehead atoms. The quantitative estimate of drug-likeness (QED) is 0.780. The fourth-order valence-corrected chi connectivity index (χ4v) is 2.04. The lowest BCUT2D eigenvalue weighted by atomic mass is 10.1. The van der Waals surface area contributed by atoms with E-state index < -0.39 is 0 Å². The van der Waals surface area contributed by atoms with Crippen LogP contribution in [-0.2, 0) is 11.2 Å². The Morgan fingerprint density at radius 2 is 1.81 bits per heavy atom. The fraction of sp³-hybridized carbons (Fsp3) is 0.462. The standard InChI is InChI=1S/C13H19NOS/c1-3-14(4-2)13(15)12(16)10-11-8-6-5-7-9-11/h5-9,12,16H,3-4,10H2,1-2H3. The first-order valence-electron chi connectivity index (χ1n) is 5.69. The van der Waals surface area contributed by atoms with Gasteiger partial charge in [-0.1, -0.05) is 30.3 Å². The number of amides is 1. The molecule has 0 aliphatic heterocycles. The Morgan fingerprint density at radius 3 is 2.31 bits per heavy atom. The molecule has 3 heteroatoms. The smallest absolute Gasteiger partial charge is 0.235 e. The molecule has 0 fully saturated rings. The van der Waals surface area contributed by atoms with Gasteiger partial charge in [-0.2, -0.15) is 12.6 Å². The predicted octanol–water partition coefficient (Wildman–Crippen LogP) is 2.40. The topological polar surface area (TPSA) is 20.3 Å². The van der Waals surface area contributed by atoms with Crippen molar-refractivity contribution in [1.82, 2.24) is 4.90 Å². The zero-order valence-electron chi connectivity index (χ0n) is 9.89. The molecule has 1 unspecified atom stereocenters. The van der Waals surface area contributed by atoms with Crippen molar-refractivity contribution < 1.29 is 4.79 Å². The summed E-state index contributed by atoms with van der Waals surface area (Å²) in [7, 11) is 0. The summed E-state index contributed by atoms with van der Waals surface area (Å²) in [5, 5.41) is -0.234. The zero-order valence-corrected chi connectivity index (χ0v) is 10.8. The molecule has 1 rings (SSSR count). The minimum atomic E-state index is -0.234. The lowest BCUT2D eigenvalue weighted by molar-refractivity contribution is -0.130. The van der Waals surface area contributed by atoms with E-state index in [1.165, 1.54) is 0 Å². The first-order valence-corrected chi connectivity index (χ1v) is 6.21. The van der Waals surface area contributed by atoms with Crippen LogP contribution >= 0.6 is 12.6 Å². The summed E-state index contributed by atoms with van der Waals surface area (Å²) in [5.41, 5.74) is 1.16. The molecule has 2 nitrogen and oxygen atoms in total. The van der Waals surface area contributed by atoms with Gasteiger partial charge in [0.1, 0.15) is 0 Å². The summed E-state index contributed by atoms with van der Waals surface area (Å²) < 4.78 is 0. The molecule has 88 valence electrons. The average molecular weight is 237 g/mol. The van der Waals surface area contributed by atoms with Crippen LogP contribution < -0.4 is 0 Å². The van der Waals surface area contributed by atoms with E-state index in [1.54, 1.807) is 0 Å². The molecule has 0 radical (unpaired) electrons. The lowest BCUT2D eigenvalue weighted by Crippen LogP contribution is -2.37. The van der Waals surface area contributed by atoms with Gasteiger partial charge in [0.15, 0.2) is 0 Å². The zero-order chi connectivity index (χ0) is 12.0. The van der Waals surface area contributed by atoms with Crippen molar-refractivity contribution in [2.45, 2.75) is 25.5 Å². The second-order valence-electron chi connectivity index (χ2n) is 3.72. The maximum atomic E-state index is 12.0. The Morgan fingerprint density at radius 1 is 1.25 bits per heavy atom. The monoisotopic (exact) mass is 237 g/mol. The molecule has 0 N–H and O–H groups in total. The Bertz CT molecular complexity index is 322. The van der Waals surface area contributed by atoms with Crippen LogP contribution in [-0.4, -0.2) is 29.1 Å². The summed E-state index contributed by atoms with van der Waals surface area (Å²) in [6.45, 7) is 5.48. The number of rotatable bonds is 5. The predicted molar refractivity (Wildman–Crippen MR) is 70.8 cm³/mol. The Kier molecular flexibility index (Phi) is 5.39. The Labute approximate surface area is 103 Å². The SMILES string of the molecule is CCN(CC)C(=O)C(S)Cc1ccccc1. The summed E-state index contributed by atoms with van der Waals surface area (Å²) in [4.78, 5) is 13.8. The second-order valence-corrected chi connectivity index (χ2v) is 4.34. The summed E-state index contributed by atoms with van der Waals surface area (Å²) in [5.74, 6) is 0.122. The van der Waals surface area contributed by atoms with Gasteiger partial charge in [0.05, 0.1) is 5.25 Å². The molecular formula is C13H19NOS. The Balaban J connectivity index is 2.58. The summed E-state index contributed by atoms with van der Waals surface area (Å²) in [6.07, 6.45) is 0.694. The van der Waals surface area contributed by atoms with Crippen molar-refractivity contribution in [3.05, 3.63) is 35.9 Å². The molecule has 16 heavy (non-hydrogen) atoms. The number of benzene rings is 1. The highest BCUT2D eigenvalue weighted by atomic mass is 32.1. The maximum Gasteiger partial charge on any atom is 0.235 e. The highest BCUT2D eigenvalue weighted by Gasteiger charge is 2.18. The molecule has 1 atom stereocenters. The number of carbonyl (C=O) groups is 1. The molecule has 0 saturated carbocycles. The third-order valence-corrected chi connectivity index (χ3v) is 3.04. The van der Waals surface area contributed by atoms with E-state index in [0.717, 1.165) is 18.7 Å². The third kappa shape index (κ3) is 3.56. The van der Waals surface area contributed by atoms with E-state index in [0.29, 0.717) is 6.42 Å². The van der Waals surface area contributed by atoms with Crippen molar-refractivity contribution >= 4 is 18.5 Å². The normalized spacial score (nSPS) is 12.2. The minimum Gasteiger partial charge on any atom is -0.342 e. The van der Waals surface area contributed by atoms with Gasteiger partial charge in [0.25, 0.3) is 0 Å². The largest absolute Gasteiger partial charge is 0.342 e. The van der Waals surface area contributed by atoms with Gasteiger partial charge >= 0.3 is 0 Å². The van der Waals surface area contributed by atoms with Crippen LogP contribution in [0.5, 0.6) is 0 Å². The van der Waals surface area contributed by atoms with Crippen molar-refractivity contribution in [1.29, 1.82) is 0 Å². The molecule has 0 heterocycles. The van der Waals surface area contributed by atoms with E-state index in [4.69, 9.17) is 0 Å². The molecule has 1 amide bonds. The summed E-state index contributed by atoms with van der Waals surface area (Å²) >= 11 is 4.39. The Hall–Kier alpha value is -0.960. The highest BCUT2D eigenvalue weighted by molar-refractivity contribution is 7.81. The van der Waals surface area contributed by atoms with Crippen LogP contribution in [0.1, 0.15) is 19.4 Å². The molecule has 0 aliphatic carbocycles. The van der Waals surface area contributed by atoms with Gasteiger partial charge in [-0.25, -0.2) is 0 Å². The van der Waals surface area contributed by atoms with Crippen LogP contribution in [0, 0.1) is 0 Å². The molecule has 0 spiro atoms. The fourth-order valence-electron chi connectivity index (χ4n) is 1.67. The first kappa shape index (κ1) is 13.1. The van der Waals surface area contributed by atoms with E-state index in [2.05, 4.69) is 12.6 Å². The number of carbonyl (C=O) groups excluding carboxylic acids is 1. The highest BCUT2D eigenvalue weighted by Crippen LogP contribution is 2.10. The molecule has 0 aromatic heterocycles. The number of hydrogen-bond donors (Lipinski definition) is 1. The van der Waals surface area contributed by atoms with E-state index in [-0.39, 0.29) is 11.2 Å². The van der Waals surface area contributed by atoms with E-state index >= 15 is 0 Å². The molecule has 1 aromatic rings. The second kappa shape index (κ2) is 6.59. The molecule has 1 aromatic carbocycles. The molecule has 0 aliphatic rings. The van der Waals surface area contributed by atoms with Crippen LogP contribution in [0.2, 0.25) is 0 Å². The van der Waals surface area contributed by atoms with Crippen LogP contribution in [0.15, 0.2) is 30.3 Å². The van der Waals surface area contributed by atoms with Crippen LogP contribution in [0.3, 0.4) is 0 Å². The van der Waals surface area contributed by atoms with Crippen molar-refractivity contribution in [2.24, 2.45) is 0 Å². The van der Waals surface area contributed by atoms with E-state index in [1.807, 2.05) is 49.1 Å². The van der Waals surface area contributed by atoms with E-state index in [9.17, 15) is 4.79 Å². The number of nitrogens with zero attached hydrogens (tertiary/aromatic N) is 1. The maximum absolute atomic E-state index is 12.0. The van der Waals surface area contributed by atoms with Crippen molar-refractivity contribution in [3.63, 3.8) is 0 Å². The average Bonchev–Trinajstić information content (AvgIpc) is 2.31. The van der Waals surface area contributed by atoms with Gasteiger partial charge in [0, 0.05) is 13.1 Å². The first-order chi connectivity index (χ1) is 7.69. The van der Waals surface area contributed by atoms with Gasteiger partial charge in [-0.15, -0.1) is 0 Å². The molecular weight excluding hydrogens is 218 g/mol. The minimum absolute atomic E-state index is 0.122. The van der Waals surface area contributed by atoms with Gasteiger partial charge in [0.2, 0.25) is 5.91 Å². The lowest BCUT2D eigenvalue weighted by Gasteiger charge is -2.22. The summed E-state index contributed by atoms with van der Waals surface area (Å²) in [6, 6.07) is 10.00. The van der Waals surface area contributed by atoms with Crippen molar-refractivity contribution in [2.75, 3.05) is 13.1 Å². The van der Waals surface area contributed by atoms with Crippen LogP contribution in [0.25, 0.3) is 0 Å². The number of hydrogen-bond acceptors (Lipinski definition) is 2.